The second-order valence-electron chi connectivity index (χ2n) is 7.05. The molecular formula is C24H27N3O4S. The predicted octanol–water partition coefficient (Wildman–Crippen LogP) is 4.90. The summed E-state index contributed by atoms with van der Waals surface area (Å²) in [6.45, 7) is 6.79. The third kappa shape index (κ3) is 6.31. The molecule has 1 aromatic heterocycles. The van der Waals surface area contributed by atoms with Crippen LogP contribution in [0.5, 0.6) is 11.5 Å². The van der Waals surface area contributed by atoms with Crippen LogP contribution in [-0.4, -0.2) is 30.9 Å². The van der Waals surface area contributed by atoms with Crippen LogP contribution in [0.4, 0.5) is 5.13 Å². The summed E-state index contributed by atoms with van der Waals surface area (Å²) in [5.41, 5.74) is 7.99. The van der Waals surface area contributed by atoms with Crippen molar-refractivity contribution >= 4 is 28.7 Å². The van der Waals surface area contributed by atoms with Gasteiger partial charge in [-0.2, -0.15) is 5.10 Å². The minimum absolute atomic E-state index is 0.149. The Morgan fingerprint density at radius 1 is 1.22 bits per heavy atom. The normalized spacial score (nSPS) is 10.9. The molecule has 0 atom stereocenters. The third-order valence-corrected chi connectivity index (χ3v) is 5.64. The van der Waals surface area contributed by atoms with Crippen LogP contribution in [-0.2, 0) is 22.6 Å². The van der Waals surface area contributed by atoms with Crippen LogP contribution in [0.2, 0.25) is 0 Å². The lowest BCUT2D eigenvalue weighted by Crippen LogP contribution is -2.07. The number of benzene rings is 2. The van der Waals surface area contributed by atoms with Gasteiger partial charge in [0.05, 0.1) is 32.0 Å². The van der Waals surface area contributed by atoms with E-state index >= 15 is 0 Å². The van der Waals surface area contributed by atoms with Crippen molar-refractivity contribution in [2.75, 3.05) is 19.1 Å². The minimum Gasteiger partial charge on any atom is -0.493 e. The number of methoxy groups -OCH3 is 1. The number of nitrogens with zero attached hydrogens (tertiary/aromatic N) is 2. The van der Waals surface area contributed by atoms with E-state index in [4.69, 9.17) is 14.2 Å². The van der Waals surface area contributed by atoms with Crippen molar-refractivity contribution in [1.29, 1.82) is 0 Å². The van der Waals surface area contributed by atoms with Gasteiger partial charge in [0, 0.05) is 5.38 Å². The maximum atomic E-state index is 11.5. The highest BCUT2D eigenvalue weighted by Gasteiger charge is 2.09. The first-order chi connectivity index (χ1) is 15.5. The Morgan fingerprint density at radius 3 is 2.84 bits per heavy atom. The number of nitrogens with one attached hydrogen (secondary N) is 1. The quantitative estimate of drug-likeness (QED) is 0.267. The molecule has 0 amide bonds. The number of thiazole rings is 1. The standard InChI is InChI=1S/C24H27N3O4S/c1-5-30-23(28)12-20-15-32-24(26-20)27-25-13-18-9-10-21(22(11-18)29-4)31-14-19-8-6-7-16(2)17(19)3/h6-11,13,15H,5,12,14H2,1-4H3,(H,26,27). The van der Waals surface area contributed by atoms with Gasteiger partial charge in [-0.05, 0) is 61.2 Å². The van der Waals surface area contributed by atoms with Crippen molar-refractivity contribution in [2.24, 2.45) is 5.10 Å². The number of aryl methyl sites for hydroxylation is 1. The number of anilines is 1. The predicted molar refractivity (Wildman–Crippen MR) is 127 cm³/mol. The third-order valence-electron chi connectivity index (χ3n) is 4.84. The SMILES string of the molecule is CCOC(=O)Cc1csc(NN=Cc2ccc(OCc3cccc(C)c3C)c(OC)c2)n1. The highest BCUT2D eigenvalue weighted by atomic mass is 32.1. The van der Waals surface area contributed by atoms with Gasteiger partial charge in [-0.15, -0.1) is 11.3 Å². The van der Waals surface area contributed by atoms with E-state index in [0.717, 1.165) is 11.1 Å². The summed E-state index contributed by atoms with van der Waals surface area (Å²) in [5.74, 6) is 1.01. The first-order valence-electron chi connectivity index (χ1n) is 10.2. The van der Waals surface area contributed by atoms with Gasteiger partial charge in [0.25, 0.3) is 0 Å². The zero-order valence-electron chi connectivity index (χ0n) is 18.7. The van der Waals surface area contributed by atoms with E-state index in [2.05, 4.69) is 41.5 Å². The van der Waals surface area contributed by atoms with Crippen LogP contribution in [0.15, 0.2) is 46.9 Å². The van der Waals surface area contributed by atoms with Gasteiger partial charge in [-0.1, -0.05) is 18.2 Å². The number of ether oxygens (including phenoxy) is 3. The second-order valence-corrected chi connectivity index (χ2v) is 7.91. The average Bonchev–Trinajstić information content (AvgIpc) is 3.22. The molecule has 0 aliphatic rings. The Hall–Kier alpha value is -3.39. The van der Waals surface area contributed by atoms with Gasteiger partial charge in [0.2, 0.25) is 5.13 Å². The van der Waals surface area contributed by atoms with Crippen LogP contribution in [0.1, 0.15) is 34.9 Å². The van der Waals surface area contributed by atoms with Crippen molar-refractivity contribution in [3.8, 4) is 11.5 Å². The van der Waals surface area contributed by atoms with Crippen molar-refractivity contribution in [2.45, 2.75) is 33.8 Å². The minimum atomic E-state index is -0.292. The highest BCUT2D eigenvalue weighted by Crippen LogP contribution is 2.29. The fourth-order valence-corrected chi connectivity index (χ4v) is 3.63. The molecule has 32 heavy (non-hydrogen) atoms. The monoisotopic (exact) mass is 453 g/mol. The number of rotatable bonds is 10. The second kappa shape index (κ2) is 11.3. The number of carbonyl (C=O) groups excluding carboxylic acids is 1. The first kappa shape index (κ1) is 23.3. The number of hydrazone groups is 1. The average molecular weight is 454 g/mol. The van der Waals surface area contributed by atoms with Crippen molar-refractivity contribution in [3.05, 3.63) is 69.7 Å². The van der Waals surface area contributed by atoms with E-state index in [9.17, 15) is 4.79 Å². The molecular weight excluding hydrogens is 426 g/mol. The van der Waals surface area contributed by atoms with Gasteiger partial charge in [-0.25, -0.2) is 4.98 Å². The first-order valence-corrected chi connectivity index (χ1v) is 11.1. The molecule has 3 aromatic rings. The van der Waals surface area contributed by atoms with Crippen molar-refractivity contribution < 1.29 is 19.0 Å². The van der Waals surface area contributed by atoms with E-state index < -0.39 is 0 Å². The van der Waals surface area contributed by atoms with Crippen LogP contribution in [0, 0.1) is 13.8 Å². The molecule has 0 aliphatic carbocycles. The van der Waals surface area contributed by atoms with Gasteiger partial charge in [-0.3, -0.25) is 10.2 Å². The summed E-state index contributed by atoms with van der Waals surface area (Å²) in [7, 11) is 1.61. The Kier molecular flexibility index (Phi) is 8.21. The van der Waals surface area contributed by atoms with Crippen LogP contribution in [0.3, 0.4) is 0 Å². The van der Waals surface area contributed by atoms with Crippen molar-refractivity contribution in [1.82, 2.24) is 4.98 Å². The molecule has 0 spiro atoms. The van der Waals surface area contributed by atoms with Crippen molar-refractivity contribution in [3.63, 3.8) is 0 Å². The fraction of sp³-hybridized carbons (Fsp3) is 0.292. The summed E-state index contributed by atoms with van der Waals surface area (Å²) in [6.07, 6.45) is 1.82. The summed E-state index contributed by atoms with van der Waals surface area (Å²) < 4.78 is 16.4. The zero-order valence-corrected chi connectivity index (χ0v) is 19.5. The zero-order chi connectivity index (χ0) is 22.9. The van der Waals surface area contributed by atoms with E-state index in [0.29, 0.717) is 35.5 Å². The molecule has 3 rings (SSSR count). The fourth-order valence-electron chi connectivity index (χ4n) is 2.97. The molecule has 7 nitrogen and oxygen atoms in total. The molecule has 0 fully saturated rings. The summed E-state index contributed by atoms with van der Waals surface area (Å²) in [6, 6.07) is 11.8. The topological polar surface area (TPSA) is 82.0 Å². The molecule has 0 bridgehead atoms. The van der Waals surface area contributed by atoms with E-state index in [1.54, 1.807) is 25.6 Å². The lowest BCUT2D eigenvalue weighted by atomic mass is 10.0. The van der Waals surface area contributed by atoms with Crippen LogP contribution >= 0.6 is 11.3 Å². The van der Waals surface area contributed by atoms with E-state index in [1.165, 1.54) is 22.5 Å². The Morgan fingerprint density at radius 2 is 2.06 bits per heavy atom. The van der Waals surface area contributed by atoms with E-state index in [-0.39, 0.29) is 12.4 Å². The largest absolute Gasteiger partial charge is 0.493 e. The molecule has 8 heteroatoms. The summed E-state index contributed by atoms with van der Waals surface area (Å²) >= 11 is 1.37. The molecule has 0 saturated heterocycles. The maximum absolute atomic E-state index is 11.5. The van der Waals surface area contributed by atoms with Gasteiger partial charge in [0.15, 0.2) is 11.5 Å². The Bertz CT molecular complexity index is 1090. The molecule has 1 heterocycles. The smallest absolute Gasteiger partial charge is 0.311 e. The number of hydrogen-bond acceptors (Lipinski definition) is 8. The molecule has 1 N–H and O–H groups in total. The lowest BCUT2D eigenvalue weighted by molar-refractivity contribution is -0.142. The summed E-state index contributed by atoms with van der Waals surface area (Å²) in [4.78, 5) is 15.9. The number of carbonyl (C=O) groups is 1. The molecule has 0 radical (unpaired) electrons. The number of hydrogen-bond donors (Lipinski definition) is 1. The molecule has 168 valence electrons. The molecule has 0 unspecified atom stereocenters. The van der Waals surface area contributed by atoms with Gasteiger partial charge < -0.3 is 14.2 Å². The van der Waals surface area contributed by atoms with Crippen LogP contribution in [0.25, 0.3) is 0 Å². The van der Waals surface area contributed by atoms with Crippen LogP contribution < -0.4 is 14.9 Å². The van der Waals surface area contributed by atoms with E-state index in [1.807, 2.05) is 24.3 Å². The van der Waals surface area contributed by atoms with Gasteiger partial charge >= 0.3 is 5.97 Å². The maximum Gasteiger partial charge on any atom is 0.311 e. The molecule has 2 aromatic carbocycles. The Labute approximate surface area is 192 Å². The number of aromatic nitrogens is 1. The number of esters is 1. The van der Waals surface area contributed by atoms with Gasteiger partial charge in [0.1, 0.15) is 6.61 Å². The Balaban J connectivity index is 1.59. The highest BCUT2D eigenvalue weighted by molar-refractivity contribution is 7.13. The molecule has 0 aliphatic heterocycles. The summed E-state index contributed by atoms with van der Waals surface area (Å²) in [5, 5.41) is 6.62. The lowest BCUT2D eigenvalue weighted by Gasteiger charge is -2.13. The molecule has 0 saturated carbocycles.